The van der Waals surface area contributed by atoms with Gasteiger partial charge in [0.1, 0.15) is 5.71 Å². The van der Waals surface area contributed by atoms with Gasteiger partial charge in [-0.15, -0.1) is 0 Å². The van der Waals surface area contributed by atoms with Gasteiger partial charge < -0.3 is 9.77 Å². The number of aryl methyl sites for hydroxylation is 2. The largest absolute Gasteiger partial charge is 0.411 e. The highest BCUT2D eigenvalue weighted by Crippen LogP contribution is 2.24. The first-order valence-electron chi connectivity index (χ1n) is 8.86. The van der Waals surface area contributed by atoms with Crippen molar-refractivity contribution in [3.63, 3.8) is 0 Å². The summed E-state index contributed by atoms with van der Waals surface area (Å²) in [5, 5.41) is 14.7. The van der Waals surface area contributed by atoms with Crippen LogP contribution in [0.25, 0.3) is 21.9 Å². The summed E-state index contributed by atoms with van der Waals surface area (Å²) in [6.45, 7) is 1.68. The molecule has 0 aliphatic heterocycles. The lowest BCUT2D eigenvalue weighted by atomic mass is 10.1. The number of hydrogen-bond acceptors (Lipinski definition) is 5. The molecule has 0 saturated carbocycles. The van der Waals surface area contributed by atoms with Gasteiger partial charge in [0.2, 0.25) is 0 Å². The van der Waals surface area contributed by atoms with Crippen molar-refractivity contribution >= 4 is 39.2 Å². The van der Waals surface area contributed by atoms with Crippen LogP contribution in [0, 0.1) is 0 Å². The lowest BCUT2D eigenvalue weighted by molar-refractivity contribution is 0.318. The van der Waals surface area contributed by atoms with Gasteiger partial charge in [-0.3, -0.25) is 13.9 Å². The zero-order valence-electron chi connectivity index (χ0n) is 16.0. The molecule has 2 aromatic carbocycles. The average molecular weight is 412 g/mol. The monoisotopic (exact) mass is 411 g/mol. The van der Waals surface area contributed by atoms with E-state index in [1.54, 1.807) is 21.0 Å². The molecule has 2 aromatic heterocycles. The number of rotatable bonds is 3. The molecule has 0 amide bonds. The van der Waals surface area contributed by atoms with Crippen molar-refractivity contribution in [2.45, 2.75) is 13.5 Å². The Morgan fingerprint density at radius 3 is 2.66 bits per heavy atom. The van der Waals surface area contributed by atoms with E-state index in [1.807, 2.05) is 36.4 Å². The van der Waals surface area contributed by atoms with E-state index in [-0.39, 0.29) is 23.4 Å². The summed E-state index contributed by atoms with van der Waals surface area (Å²) < 4.78 is 4.02. The fourth-order valence-electron chi connectivity index (χ4n) is 3.53. The van der Waals surface area contributed by atoms with Crippen molar-refractivity contribution in [2.24, 2.45) is 19.3 Å². The lowest BCUT2D eigenvalue weighted by Gasteiger charge is -2.10. The first kappa shape index (κ1) is 18.9. The van der Waals surface area contributed by atoms with Gasteiger partial charge in [-0.2, -0.15) is 0 Å². The smallest absolute Gasteiger partial charge is 0.332 e. The van der Waals surface area contributed by atoms with Crippen molar-refractivity contribution < 1.29 is 5.21 Å². The van der Waals surface area contributed by atoms with Crippen molar-refractivity contribution in [2.75, 3.05) is 0 Å². The van der Waals surface area contributed by atoms with Crippen LogP contribution in [0.1, 0.15) is 18.3 Å². The molecule has 8 nitrogen and oxygen atoms in total. The minimum Gasteiger partial charge on any atom is -0.411 e. The Morgan fingerprint density at radius 1 is 1.17 bits per heavy atom. The van der Waals surface area contributed by atoms with Gasteiger partial charge in [0, 0.05) is 24.5 Å². The van der Waals surface area contributed by atoms with Crippen LogP contribution in [0.4, 0.5) is 0 Å². The molecule has 0 radical (unpaired) electrons. The average Bonchev–Trinajstić information content (AvgIpc) is 3.06. The highest BCUT2D eigenvalue weighted by atomic mass is 35.5. The van der Waals surface area contributed by atoms with Crippen molar-refractivity contribution in [3.05, 3.63) is 73.6 Å². The van der Waals surface area contributed by atoms with Crippen molar-refractivity contribution in [1.82, 2.24) is 18.7 Å². The Labute approximate surface area is 169 Å². The fourth-order valence-corrected chi connectivity index (χ4v) is 3.77. The van der Waals surface area contributed by atoms with Crippen LogP contribution >= 0.6 is 11.6 Å². The molecule has 4 aromatic rings. The van der Waals surface area contributed by atoms with Gasteiger partial charge in [0.05, 0.1) is 6.54 Å². The SMILES string of the molecule is C/C(=N\O)c1nc2c(c(=O)n(Cc3ccc4c(Cl)cccc4c3)c(=O)n2C)n1C. The molecule has 4 rings (SSSR count). The standard InChI is InChI=1S/C20H18ClN5O3/c1-11(23-29)17-22-18-16(24(17)2)19(27)26(20(28)25(18)3)10-12-7-8-14-13(9-12)5-4-6-15(14)21/h4-9,29H,10H2,1-3H3/b23-11+. The number of oxime groups is 1. The third-order valence-corrected chi connectivity index (χ3v) is 5.40. The molecule has 0 saturated heterocycles. The van der Waals surface area contributed by atoms with Gasteiger partial charge in [-0.1, -0.05) is 41.0 Å². The Kier molecular flexibility index (Phi) is 4.50. The minimum absolute atomic E-state index is 0.109. The summed E-state index contributed by atoms with van der Waals surface area (Å²) in [5.74, 6) is 0.313. The van der Waals surface area contributed by atoms with Gasteiger partial charge in [-0.25, -0.2) is 9.78 Å². The van der Waals surface area contributed by atoms with Crippen LogP contribution in [0.3, 0.4) is 0 Å². The van der Waals surface area contributed by atoms with Gasteiger partial charge >= 0.3 is 5.69 Å². The Morgan fingerprint density at radius 2 is 1.93 bits per heavy atom. The van der Waals surface area contributed by atoms with Crippen LogP contribution in [-0.2, 0) is 20.6 Å². The summed E-state index contributed by atoms with van der Waals surface area (Å²) >= 11 is 6.22. The molecule has 1 N–H and O–H groups in total. The quantitative estimate of drug-likeness (QED) is 0.318. The number of benzene rings is 2. The molecular weight excluding hydrogens is 394 g/mol. The molecule has 0 unspecified atom stereocenters. The van der Waals surface area contributed by atoms with E-state index in [9.17, 15) is 9.59 Å². The highest BCUT2D eigenvalue weighted by Gasteiger charge is 2.20. The predicted octanol–water partition coefficient (Wildman–Crippen LogP) is 2.49. The zero-order chi connectivity index (χ0) is 20.9. The topological polar surface area (TPSA) is 94.4 Å². The van der Waals surface area contributed by atoms with E-state index in [0.29, 0.717) is 10.8 Å². The number of nitrogens with zero attached hydrogens (tertiary/aromatic N) is 5. The van der Waals surface area contributed by atoms with Crippen LogP contribution in [0.2, 0.25) is 5.02 Å². The van der Waals surface area contributed by atoms with Crippen LogP contribution in [0.15, 0.2) is 51.1 Å². The summed E-state index contributed by atoms with van der Waals surface area (Å²) in [6, 6.07) is 11.2. The molecule has 0 fully saturated rings. The van der Waals surface area contributed by atoms with Crippen LogP contribution < -0.4 is 11.2 Å². The molecule has 29 heavy (non-hydrogen) atoms. The second-order valence-corrected chi connectivity index (χ2v) is 7.29. The molecule has 148 valence electrons. The number of imidazole rings is 1. The zero-order valence-corrected chi connectivity index (χ0v) is 16.8. The first-order valence-corrected chi connectivity index (χ1v) is 9.23. The third-order valence-electron chi connectivity index (χ3n) is 5.07. The summed E-state index contributed by atoms with van der Waals surface area (Å²) in [6.07, 6.45) is 0. The molecule has 2 heterocycles. The van der Waals surface area contributed by atoms with Gasteiger partial charge in [0.25, 0.3) is 5.56 Å². The van der Waals surface area contributed by atoms with Crippen molar-refractivity contribution in [1.29, 1.82) is 0 Å². The Balaban J connectivity index is 1.92. The van der Waals surface area contributed by atoms with Gasteiger partial charge in [-0.05, 0) is 30.0 Å². The maximum absolute atomic E-state index is 13.1. The second-order valence-electron chi connectivity index (χ2n) is 6.88. The Bertz CT molecular complexity index is 1430. The molecule has 0 aliphatic rings. The highest BCUT2D eigenvalue weighted by molar-refractivity contribution is 6.35. The molecule has 0 spiro atoms. The van der Waals surface area contributed by atoms with E-state index in [4.69, 9.17) is 16.8 Å². The van der Waals surface area contributed by atoms with Crippen LogP contribution in [-0.4, -0.2) is 29.6 Å². The molecular formula is C20H18ClN5O3. The maximum Gasteiger partial charge on any atom is 0.332 e. The number of halogens is 1. The van der Waals surface area contributed by atoms with E-state index in [2.05, 4.69) is 10.1 Å². The second kappa shape index (κ2) is 6.89. The van der Waals surface area contributed by atoms with Gasteiger partial charge in [0.15, 0.2) is 17.0 Å². The number of aromatic nitrogens is 4. The maximum atomic E-state index is 13.1. The van der Waals surface area contributed by atoms with E-state index < -0.39 is 11.2 Å². The molecule has 0 aliphatic carbocycles. The summed E-state index contributed by atoms with van der Waals surface area (Å²) in [7, 11) is 3.20. The summed E-state index contributed by atoms with van der Waals surface area (Å²) in [5.41, 5.74) is 0.608. The molecule has 9 heteroatoms. The van der Waals surface area contributed by atoms with E-state index in [1.165, 1.54) is 13.7 Å². The Hall–Kier alpha value is -3.39. The van der Waals surface area contributed by atoms with E-state index in [0.717, 1.165) is 16.3 Å². The summed E-state index contributed by atoms with van der Waals surface area (Å²) in [4.78, 5) is 30.3. The predicted molar refractivity (Wildman–Crippen MR) is 112 cm³/mol. The van der Waals surface area contributed by atoms with Crippen LogP contribution in [0.5, 0.6) is 0 Å². The normalized spacial score (nSPS) is 12.2. The number of hydrogen-bond donors (Lipinski definition) is 1. The molecule has 0 atom stereocenters. The first-order chi connectivity index (χ1) is 13.8. The molecule has 0 bridgehead atoms. The number of fused-ring (bicyclic) bond motifs is 2. The third kappa shape index (κ3) is 2.92. The van der Waals surface area contributed by atoms with E-state index >= 15 is 0 Å². The lowest BCUT2D eigenvalue weighted by Crippen LogP contribution is -2.39. The minimum atomic E-state index is -0.475. The fraction of sp³-hybridized carbons (Fsp3) is 0.200. The van der Waals surface area contributed by atoms with Crippen molar-refractivity contribution in [3.8, 4) is 0 Å².